The van der Waals surface area contributed by atoms with Gasteiger partial charge in [0.15, 0.2) is 0 Å². The van der Waals surface area contributed by atoms with Gasteiger partial charge >= 0.3 is 17.3 Å². The highest BCUT2D eigenvalue weighted by Gasteiger charge is 2.20. The van der Waals surface area contributed by atoms with Gasteiger partial charge < -0.3 is 15.2 Å². The van der Waals surface area contributed by atoms with Gasteiger partial charge in [0.05, 0.1) is 13.2 Å². The Kier molecular flexibility index (Phi) is 6.79. The molecule has 33 heavy (non-hydrogen) atoms. The van der Waals surface area contributed by atoms with Crippen LogP contribution in [-0.4, -0.2) is 31.8 Å². The summed E-state index contributed by atoms with van der Waals surface area (Å²) in [5.74, 6) is 0.207. The summed E-state index contributed by atoms with van der Waals surface area (Å²) in [4.78, 5) is 40.4. The molecule has 3 aromatic rings. The van der Waals surface area contributed by atoms with Crippen LogP contribution < -0.4 is 21.4 Å². The van der Waals surface area contributed by atoms with Crippen LogP contribution in [0.5, 0.6) is 5.75 Å². The Hall–Kier alpha value is -3.59. The van der Waals surface area contributed by atoms with E-state index in [9.17, 15) is 14.4 Å². The SMILES string of the molecule is O=C(O)Cn1c(=O)nc(Nc2ccc(OCCC3CC3)cc2)n(Cc2ccc(Cl)cc2)c1=O. The van der Waals surface area contributed by atoms with E-state index in [2.05, 4.69) is 10.3 Å². The monoisotopic (exact) mass is 470 g/mol. The number of nitrogens with one attached hydrogen (secondary N) is 1. The van der Waals surface area contributed by atoms with Crippen LogP contribution in [0.3, 0.4) is 0 Å². The number of carboxylic acids is 1. The van der Waals surface area contributed by atoms with Gasteiger partial charge in [0.25, 0.3) is 0 Å². The Morgan fingerprint density at radius 2 is 1.79 bits per heavy atom. The number of aliphatic carboxylic acids is 1. The van der Waals surface area contributed by atoms with Crippen LogP contribution in [0.15, 0.2) is 58.1 Å². The van der Waals surface area contributed by atoms with Crippen molar-refractivity contribution >= 4 is 29.2 Å². The minimum atomic E-state index is -1.31. The summed E-state index contributed by atoms with van der Waals surface area (Å²) in [6.45, 7) is -0.0481. The molecule has 0 saturated heterocycles. The molecule has 0 aliphatic heterocycles. The summed E-state index contributed by atoms with van der Waals surface area (Å²) in [7, 11) is 0. The van der Waals surface area contributed by atoms with Crippen molar-refractivity contribution in [3.05, 3.63) is 80.1 Å². The number of hydrogen-bond donors (Lipinski definition) is 2. The predicted molar refractivity (Wildman–Crippen MR) is 124 cm³/mol. The molecule has 4 rings (SSSR count). The summed E-state index contributed by atoms with van der Waals surface area (Å²) in [5.41, 5.74) is -0.407. The summed E-state index contributed by atoms with van der Waals surface area (Å²) < 4.78 is 7.55. The lowest BCUT2D eigenvalue weighted by Gasteiger charge is -2.15. The van der Waals surface area contributed by atoms with E-state index in [4.69, 9.17) is 21.4 Å². The number of halogens is 1. The number of benzene rings is 2. The minimum absolute atomic E-state index is 0.00369. The Labute approximate surface area is 194 Å². The Bertz CT molecular complexity index is 1250. The molecule has 1 aromatic heterocycles. The Morgan fingerprint density at radius 3 is 2.42 bits per heavy atom. The lowest BCUT2D eigenvalue weighted by atomic mass is 10.2. The first-order valence-corrected chi connectivity index (χ1v) is 10.9. The maximum atomic E-state index is 13.0. The first kappa shape index (κ1) is 22.6. The average Bonchev–Trinajstić information content (AvgIpc) is 3.61. The number of aromatic nitrogens is 3. The fourth-order valence-corrected chi connectivity index (χ4v) is 3.45. The summed E-state index contributed by atoms with van der Waals surface area (Å²) in [5, 5.41) is 12.6. The van der Waals surface area contributed by atoms with Gasteiger partial charge in [-0.15, -0.1) is 0 Å². The van der Waals surface area contributed by atoms with Gasteiger partial charge in [0, 0.05) is 10.7 Å². The molecule has 1 fully saturated rings. The fraction of sp³-hybridized carbons (Fsp3) is 0.304. The van der Waals surface area contributed by atoms with E-state index in [1.165, 1.54) is 17.4 Å². The molecular weight excluding hydrogens is 448 g/mol. The van der Waals surface area contributed by atoms with Crippen molar-refractivity contribution in [3.8, 4) is 5.75 Å². The molecule has 1 aliphatic rings. The molecule has 1 aliphatic carbocycles. The second kappa shape index (κ2) is 9.91. The van der Waals surface area contributed by atoms with Gasteiger partial charge in [0.1, 0.15) is 12.3 Å². The van der Waals surface area contributed by atoms with Crippen LogP contribution in [0.1, 0.15) is 24.8 Å². The second-order valence-electron chi connectivity index (χ2n) is 7.92. The lowest BCUT2D eigenvalue weighted by molar-refractivity contribution is -0.137. The molecule has 0 bridgehead atoms. The maximum absolute atomic E-state index is 13.0. The Balaban J connectivity index is 1.60. The number of carboxylic acid groups (broad SMARTS) is 1. The van der Waals surface area contributed by atoms with Crippen molar-refractivity contribution in [1.29, 1.82) is 0 Å². The van der Waals surface area contributed by atoms with Crippen LogP contribution in [0.4, 0.5) is 11.6 Å². The smallest absolute Gasteiger partial charge is 0.355 e. The third-order valence-corrected chi connectivity index (χ3v) is 5.55. The van der Waals surface area contributed by atoms with Crippen molar-refractivity contribution in [2.24, 2.45) is 5.92 Å². The van der Waals surface area contributed by atoms with Gasteiger partial charge in [-0.1, -0.05) is 36.6 Å². The zero-order valence-electron chi connectivity index (χ0n) is 17.7. The fourth-order valence-electron chi connectivity index (χ4n) is 3.32. The van der Waals surface area contributed by atoms with Gasteiger partial charge in [-0.2, -0.15) is 4.98 Å². The van der Waals surface area contributed by atoms with Crippen LogP contribution in [0, 0.1) is 5.92 Å². The molecule has 0 unspecified atom stereocenters. The number of ether oxygens (including phenoxy) is 1. The van der Waals surface area contributed by atoms with E-state index in [0.717, 1.165) is 23.7 Å². The number of nitrogens with zero attached hydrogens (tertiary/aromatic N) is 3. The molecule has 0 radical (unpaired) electrons. The molecule has 10 heteroatoms. The van der Waals surface area contributed by atoms with E-state index in [0.29, 0.717) is 21.9 Å². The van der Waals surface area contributed by atoms with Crippen molar-refractivity contribution in [2.75, 3.05) is 11.9 Å². The van der Waals surface area contributed by atoms with E-state index in [-0.39, 0.29) is 12.5 Å². The van der Waals surface area contributed by atoms with Crippen LogP contribution in [-0.2, 0) is 17.9 Å². The van der Waals surface area contributed by atoms with Gasteiger partial charge in [-0.3, -0.25) is 9.36 Å². The summed E-state index contributed by atoms with van der Waals surface area (Å²) >= 11 is 5.94. The topological polar surface area (TPSA) is 115 Å². The normalized spacial score (nSPS) is 13.0. The average molecular weight is 471 g/mol. The van der Waals surface area contributed by atoms with E-state index < -0.39 is 23.9 Å². The highest BCUT2D eigenvalue weighted by Crippen LogP contribution is 2.32. The molecule has 172 valence electrons. The first-order chi connectivity index (χ1) is 15.9. The van der Waals surface area contributed by atoms with Gasteiger partial charge in [-0.05, 0) is 54.3 Å². The molecule has 0 spiro atoms. The lowest BCUT2D eigenvalue weighted by Crippen LogP contribution is -2.44. The highest BCUT2D eigenvalue weighted by atomic mass is 35.5. The number of hydrogen-bond acceptors (Lipinski definition) is 6. The van der Waals surface area contributed by atoms with Gasteiger partial charge in [0.2, 0.25) is 5.95 Å². The molecule has 9 nitrogen and oxygen atoms in total. The zero-order chi connectivity index (χ0) is 23.4. The van der Waals surface area contributed by atoms with Crippen LogP contribution in [0.2, 0.25) is 5.02 Å². The molecule has 1 heterocycles. The number of rotatable bonds is 10. The van der Waals surface area contributed by atoms with Gasteiger partial charge in [-0.25, -0.2) is 14.2 Å². The van der Waals surface area contributed by atoms with Crippen molar-refractivity contribution < 1.29 is 14.6 Å². The maximum Gasteiger partial charge on any atom is 0.355 e. The van der Waals surface area contributed by atoms with Crippen LogP contribution >= 0.6 is 11.6 Å². The summed E-state index contributed by atoms with van der Waals surface area (Å²) in [6.07, 6.45) is 3.61. The standard InChI is InChI=1S/C23H23ClN4O5/c24-17-5-3-16(4-6-17)13-27-21(26-22(31)28(23(27)32)14-20(29)30)25-18-7-9-19(10-8-18)33-12-11-15-1-2-15/h3-10,15H,1-2,11-14H2,(H,29,30)(H,25,26,31). The second-order valence-corrected chi connectivity index (χ2v) is 8.36. The minimum Gasteiger partial charge on any atom is -0.494 e. The molecule has 0 amide bonds. The molecule has 0 atom stereocenters. The number of carbonyl (C=O) groups is 1. The largest absolute Gasteiger partial charge is 0.494 e. The number of anilines is 2. The first-order valence-electron chi connectivity index (χ1n) is 10.6. The van der Waals surface area contributed by atoms with E-state index >= 15 is 0 Å². The highest BCUT2D eigenvalue weighted by molar-refractivity contribution is 6.30. The van der Waals surface area contributed by atoms with Crippen molar-refractivity contribution in [2.45, 2.75) is 32.4 Å². The van der Waals surface area contributed by atoms with Crippen LogP contribution in [0.25, 0.3) is 0 Å². The van der Waals surface area contributed by atoms with Crippen molar-refractivity contribution in [1.82, 2.24) is 14.1 Å². The third-order valence-electron chi connectivity index (χ3n) is 5.30. The van der Waals surface area contributed by atoms with E-state index in [1.807, 2.05) is 0 Å². The molecule has 1 saturated carbocycles. The Morgan fingerprint density at radius 1 is 1.09 bits per heavy atom. The molecule has 2 N–H and O–H groups in total. The third kappa shape index (κ3) is 6.01. The zero-order valence-corrected chi connectivity index (χ0v) is 18.5. The quantitative estimate of drug-likeness (QED) is 0.467. The predicted octanol–water partition coefficient (Wildman–Crippen LogP) is 3.11. The molecular formula is C23H23ClN4O5. The van der Waals surface area contributed by atoms with E-state index in [1.54, 1.807) is 48.5 Å². The molecule has 2 aromatic carbocycles. The summed E-state index contributed by atoms with van der Waals surface area (Å²) in [6, 6.07) is 13.9. The van der Waals surface area contributed by atoms with Crippen molar-refractivity contribution in [3.63, 3.8) is 0 Å².